The third-order valence-corrected chi connectivity index (χ3v) is 3.33. The van der Waals surface area contributed by atoms with Crippen LogP contribution < -0.4 is 0 Å². The number of benzene rings is 2. The Bertz CT molecular complexity index is 817. The van der Waals surface area contributed by atoms with E-state index in [1.807, 2.05) is 6.07 Å². The lowest BCUT2D eigenvalue weighted by Gasteiger charge is -2.07. The second-order valence-corrected chi connectivity index (χ2v) is 4.91. The van der Waals surface area contributed by atoms with Gasteiger partial charge in [0.1, 0.15) is 17.4 Å². The van der Waals surface area contributed by atoms with E-state index in [4.69, 9.17) is 21.3 Å². The summed E-state index contributed by atoms with van der Waals surface area (Å²) in [4.78, 5) is 0. The molecular formula is C16H10ClNO2. The summed E-state index contributed by atoms with van der Waals surface area (Å²) in [5, 5.41) is 20.7. The number of fused-ring (bicyclic) bond motifs is 1. The van der Waals surface area contributed by atoms with Crippen molar-refractivity contribution in [1.82, 2.24) is 0 Å². The third kappa shape index (κ3) is 2.27. The molecule has 2 aromatic carbocycles. The van der Waals surface area contributed by atoms with Gasteiger partial charge in [-0.05, 0) is 42.0 Å². The van der Waals surface area contributed by atoms with Crippen LogP contribution in [-0.4, -0.2) is 5.11 Å². The van der Waals surface area contributed by atoms with Gasteiger partial charge in [0, 0.05) is 10.4 Å². The summed E-state index contributed by atoms with van der Waals surface area (Å²) in [5.41, 5.74) is 1.79. The minimum absolute atomic E-state index is 0.428. The van der Waals surface area contributed by atoms with Crippen LogP contribution in [0, 0.1) is 11.3 Å². The molecule has 20 heavy (non-hydrogen) atoms. The van der Waals surface area contributed by atoms with Crippen LogP contribution in [0.3, 0.4) is 0 Å². The number of hydrogen-bond acceptors (Lipinski definition) is 3. The smallest absolute Gasteiger partial charge is 0.138 e. The zero-order chi connectivity index (χ0) is 14.1. The molecule has 1 N–H and O–H groups in total. The molecule has 0 bridgehead atoms. The molecular weight excluding hydrogens is 274 g/mol. The van der Waals surface area contributed by atoms with Gasteiger partial charge in [0.05, 0.1) is 11.6 Å². The Morgan fingerprint density at radius 3 is 2.80 bits per heavy atom. The van der Waals surface area contributed by atoms with Crippen LogP contribution in [-0.2, 0) is 0 Å². The molecule has 0 aliphatic heterocycles. The highest BCUT2D eigenvalue weighted by atomic mass is 35.5. The van der Waals surface area contributed by atoms with Crippen LogP contribution >= 0.6 is 11.6 Å². The summed E-state index contributed by atoms with van der Waals surface area (Å²) >= 11 is 5.92. The van der Waals surface area contributed by atoms with Crippen LogP contribution in [0.5, 0.6) is 0 Å². The first-order valence-corrected chi connectivity index (χ1v) is 6.42. The first-order valence-electron chi connectivity index (χ1n) is 6.04. The van der Waals surface area contributed by atoms with Crippen LogP contribution in [0.1, 0.15) is 23.0 Å². The first-order chi connectivity index (χ1) is 9.67. The second kappa shape index (κ2) is 5.01. The number of aliphatic hydroxyl groups excluding tert-OH is 1. The standard InChI is InChI=1S/C16H10ClNO2/c17-13-4-5-14-12(7-13)8-15(20-14)16(19)11-3-1-2-10(6-11)9-18/h1-8,16,19H. The number of furan rings is 1. The van der Waals surface area contributed by atoms with Gasteiger partial charge < -0.3 is 9.52 Å². The van der Waals surface area contributed by atoms with E-state index in [1.54, 1.807) is 48.5 Å². The quantitative estimate of drug-likeness (QED) is 0.772. The minimum Gasteiger partial charge on any atom is -0.458 e. The average Bonchev–Trinajstić information content (AvgIpc) is 2.89. The maximum Gasteiger partial charge on any atom is 0.138 e. The molecule has 1 heterocycles. The Morgan fingerprint density at radius 2 is 2.00 bits per heavy atom. The summed E-state index contributed by atoms with van der Waals surface area (Å²) < 4.78 is 5.62. The van der Waals surface area contributed by atoms with E-state index in [0.29, 0.717) is 27.5 Å². The second-order valence-electron chi connectivity index (χ2n) is 4.47. The van der Waals surface area contributed by atoms with Crippen molar-refractivity contribution < 1.29 is 9.52 Å². The molecule has 0 saturated carbocycles. The monoisotopic (exact) mass is 283 g/mol. The SMILES string of the molecule is N#Cc1cccc(C(O)c2cc3cc(Cl)ccc3o2)c1. The van der Waals surface area contributed by atoms with Gasteiger partial charge >= 0.3 is 0 Å². The van der Waals surface area contributed by atoms with Crippen LogP contribution in [0.4, 0.5) is 0 Å². The molecule has 0 spiro atoms. The van der Waals surface area contributed by atoms with Gasteiger partial charge in [0.15, 0.2) is 0 Å². The van der Waals surface area contributed by atoms with Crippen molar-refractivity contribution in [3.63, 3.8) is 0 Å². The summed E-state index contributed by atoms with van der Waals surface area (Å²) in [7, 11) is 0. The van der Waals surface area contributed by atoms with E-state index in [0.717, 1.165) is 5.39 Å². The zero-order valence-corrected chi connectivity index (χ0v) is 11.1. The lowest BCUT2D eigenvalue weighted by Crippen LogP contribution is -1.98. The Hall–Kier alpha value is -2.28. The fourth-order valence-corrected chi connectivity index (χ4v) is 2.29. The van der Waals surface area contributed by atoms with Gasteiger partial charge in [-0.1, -0.05) is 23.7 Å². The van der Waals surface area contributed by atoms with Crippen molar-refractivity contribution >= 4 is 22.6 Å². The Labute approximate surface area is 120 Å². The molecule has 4 heteroatoms. The van der Waals surface area contributed by atoms with Gasteiger partial charge in [-0.2, -0.15) is 5.26 Å². The number of aliphatic hydroxyl groups is 1. The Morgan fingerprint density at radius 1 is 1.15 bits per heavy atom. The number of hydrogen-bond donors (Lipinski definition) is 1. The molecule has 0 radical (unpaired) electrons. The predicted molar refractivity (Wildman–Crippen MR) is 76.4 cm³/mol. The fraction of sp³-hybridized carbons (Fsp3) is 0.0625. The molecule has 1 aromatic heterocycles. The van der Waals surface area contributed by atoms with Crippen LogP contribution in [0.2, 0.25) is 5.02 Å². The summed E-state index contributed by atoms with van der Waals surface area (Å²) in [6.07, 6.45) is -0.908. The van der Waals surface area contributed by atoms with Crippen molar-refractivity contribution in [3.05, 3.63) is 70.4 Å². The van der Waals surface area contributed by atoms with E-state index in [2.05, 4.69) is 0 Å². The molecule has 1 unspecified atom stereocenters. The van der Waals surface area contributed by atoms with Crippen molar-refractivity contribution in [3.8, 4) is 6.07 Å². The van der Waals surface area contributed by atoms with E-state index >= 15 is 0 Å². The minimum atomic E-state index is -0.908. The molecule has 0 aliphatic carbocycles. The zero-order valence-electron chi connectivity index (χ0n) is 10.4. The predicted octanol–water partition coefficient (Wildman–Crippen LogP) is 4.04. The maximum absolute atomic E-state index is 10.3. The summed E-state index contributed by atoms with van der Waals surface area (Å²) in [6.45, 7) is 0. The van der Waals surface area contributed by atoms with E-state index < -0.39 is 6.10 Å². The number of nitrogens with zero attached hydrogens (tertiary/aromatic N) is 1. The van der Waals surface area contributed by atoms with E-state index in [-0.39, 0.29) is 0 Å². The van der Waals surface area contributed by atoms with E-state index in [1.165, 1.54) is 0 Å². The number of halogens is 1. The van der Waals surface area contributed by atoms with Gasteiger partial charge in [-0.3, -0.25) is 0 Å². The largest absolute Gasteiger partial charge is 0.458 e. The molecule has 3 nitrogen and oxygen atoms in total. The van der Waals surface area contributed by atoms with Gasteiger partial charge in [0.25, 0.3) is 0 Å². The van der Waals surface area contributed by atoms with Gasteiger partial charge in [0.2, 0.25) is 0 Å². The van der Waals surface area contributed by atoms with Gasteiger partial charge in [-0.15, -0.1) is 0 Å². The third-order valence-electron chi connectivity index (χ3n) is 3.10. The molecule has 0 saturated heterocycles. The van der Waals surface area contributed by atoms with Crippen molar-refractivity contribution in [2.24, 2.45) is 0 Å². The van der Waals surface area contributed by atoms with Gasteiger partial charge in [-0.25, -0.2) is 0 Å². The topological polar surface area (TPSA) is 57.2 Å². The molecule has 0 aliphatic rings. The maximum atomic E-state index is 10.3. The Balaban J connectivity index is 2.03. The first kappa shape index (κ1) is 12.7. The molecule has 3 aromatic rings. The summed E-state index contributed by atoms with van der Waals surface area (Å²) in [6, 6.07) is 15.9. The average molecular weight is 284 g/mol. The van der Waals surface area contributed by atoms with Crippen molar-refractivity contribution in [2.45, 2.75) is 6.10 Å². The fourth-order valence-electron chi connectivity index (χ4n) is 2.11. The highest BCUT2D eigenvalue weighted by Crippen LogP contribution is 2.29. The molecule has 98 valence electrons. The molecule has 3 rings (SSSR count). The van der Waals surface area contributed by atoms with Crippen LogP contribution in [0.15, 0.2) is 52.9 Å². The molecule has 0 fully saturated rings. The number of nitriles is 1. The highest BCUT2D eigenvalue weighted by molar-refractivity contribution is 6.31. The lowest BCUT2D eigenvalue weighted by atomic mass is 10.0. The Kier molecular flexibility index (Phi) is 3.19. The highest BCUT2D eigenvalue weighted by Gasteiger charge is 2.16. The van der Waals surface area contributed by atoms with E-state index in [9.17, 15) is 5.11 Å². The van der Waals surface area contributed by atoms with Crippen molar-refractivity contribution in [1.29, 1.82) is 5.26 Å². The molecule has 1 atom stereocenters. The molecule has 0 amide bonds. The summed E-state index contributed by atoms with van der Waals surface area (Å²) in [5.74, 6) is 0.428. The van der Waals surface area contributed by atoms with Crippen LogP contribution in [0.25, 0.3) is 11.0 Å². The van der Waals surface area contributed by atoms with Crippen molar-refractivity contribution in [2.75, 3.05) is 0 Å². The normalized spacial score (nSPS) is 12.2. The number of rotatable bonds is 2. The lowest BCUT2D eigenvalue weighted by molar-refractivity contribution is 0.192.